The first kappa shape index (κ1) is 13.6. The van der Waals surface area contributed by atoms with E-state index in [1.54, 1.807) is 7.11 Å². The van der Waals surface area contributed by atoms with Crippen molar-refractivity contribution in [3.05, 3.63) is 47.8 Å². The molecule has 5 heteroatoms. The molecule has 0 radical (unpaired) electrons. The van der Waals surface area contributed by atoms with Crippen LogP contribution in [0.5, 0.6) is 5.75 Å². The van der Waals surface area contributed by atoms with Crippen molar-refractivity contribution in [3.8, 4) is 5.75 Å². The number of rotatable bonds is 6. The minimum absolute atomic E-state index is 0.0588. The molecule has 1 unspecified atom stereocenters. The summed E-state index contributed by atoms with van der Waals surface area (Å²) < 4.78 is 7.09. The summed E-state index contributed by atoms with van der Waals surface area (Å²) >= 11 is 0. The molecule has 1 aromatic carbocycles. The van der Waals surface area contributed by atoms with Crippen molar-refractivity contribution in [1.29, 1.82) is 0 Å². The molecule has 1 aromatic heterocycles. The van der Waals surface area contributed by atoms with Gasteiger partial charge in [-0.25, -0.2) is 5.43 Å². The Hall–Kier alpha value is -1.85. The van der Waals surface area contributed by atoms with Crippen LogP contribution < -0.4 is 16.0 Å². The van der Waals surface area contributed by atoms with Crippen molar-refractivity contribution in [2.24, 2.45) is 5.84 Å². The average Bonchev–Trinajstić information content (AvgIpc) is 2.89. The van der Waals surface area contributed by atoms with Gasteiger partial charge in [0.1, 0.15) is 5.75 Å². The minimum Gasteiger partial charge on any atom is -0.497 e. The van der Waals surface area contributed by atoms with E-state index in [2.05, 4.69) is 17.4 Å². The topological polar surface area (TPSA) is 65.1 Å². The number of hydrazine groups is 1. The molecule has 0 aliphatic rings. The maximum absolute atomic E-state index is 5.67. The second-order valence-corrected chi connectivity index (χ2v) is 4.41. The highest BCUT2D eigenvalue weighted by Crippen LogP contribution is 2.23. The summed E-state index contributed by atoms with van der Waals surface area (Å²) in [6.45, 7) is 3.05. The third-order valence-corrected chi connectivity index (χ3v) is 3.06. The van der Waals surface area contributed by atoms with E-state index in [1.165, 1.54) is 0 Å². The lowest BCUT2D eigenvalue weighted by Gasteiger charge is -2.15. The van der Waals surface area contributed by atoms with Crippen molar-refractivity contribution >= 4 is 0 Å². The van der Waals surface area contributed by atoms with E-state index in [1.807, 2.05) is 41.3 Å². The molecule has 1 atom stereocenters. The van der Waals surface area contributed by atoms with Gasteiger partial charge in [0.2, 0.25) is 0 Å². The Morgan fingerprint density at radius 1 is 1.32 bits per heavy atom. The third kappa shape index (κ3) is 3.13. The molecule has 5 nitrogen and oxygen atoms in total. The lowest BCUT2D eigenvalue weighted by atomic mass is 10.0. The molecular formula is C14H20N4O. The second kappa shape index (κ2) is 6.36. The van der Waals surface area contributed by atoms with Crippen molar-refractivity contribution in [3.63, 3.8) is 0 Å². The predicted octanol–water partition coefficient (Wildman–Crippen LogP) is 1.85. The summed E-state index contributed by atoms with van der Waals surface area (Å²) in [6, 6.07) is 7.80. The maximum atomic E-state index is 5.67. The van der Waals surface area contributed by atoms with Gasteiger partial charge in [-0.05, 0) is 24.1 Å². The Morgan fingerprint density at radius 3 is 2.63 bits per heavy atom. The van der Waals surface area contributed by atoms with Crippen LogP contribution >= 0.6 is 0 Å². The Kier molecular flexibility index (Phi) is 4.54. The predicted molar refractivity (Wildman–Crippen MR) is 74.7 cm³/mol. The van der Waals surface area contributed by atoms with Crippen LogP contribution in [0, 0.1) is 0 Å². The number of ether oxygens (including phenoxy) is 1. The van der Waals surface area contributed by atoms with Crippen molar-refractivity contribution in [2.45, 2.75) is 25.9 Å². The molecule has 0 saturated heterocycles. The molecule has 0 spiro atoms. The van der Waals surface area contributed by atoms with Gasteiger partial charge in [0, 0.05) is 18.3 Å². The van der Waals surface area contributed by atoms with Crippen LogP contribution in [0.1, 0.15) is 30.5 Å². The third-order valence-electron chi connectivity index (χ3n) is 3.06. The number of nitrogens with two attached hydrogens (primary N) is 1. The molecule has 0 saturated carbocycles. The molecule has 2 aromatic rings. The van der Waals surface area contributed by atoms with E-state index < -0.39 is 0 Å². The molecule has 3 N–H and O–H groups in total. The van der Waals surface area contributed by atoms with Gasteiger partial charge >= 0.3 is 0 Å². The number of benzene rings is 1. The molecule has 0 bridgehead atoms. The van der Waals surface area contributed by atoms with E-state index in [4.69, 9.17) is 10.6 Å². The number of hydrogen-bond acceptors (Lipinski definition) is 4. The Balaban J connectivity index is 2.21. The van der Waals surface area contributed by atoms with Crippen molar-refractivity contribution in [2.75, 3.05) is 7.11 Å². The number of aromatic nitrogens is 2. The van der Waals surface area contributed by atoms with Crippen molar-refractivity contribution < 1.29 is 4.74 Å². The molecule has 0 fully saturated rings. The first-order valence-corrected chi connectivity index (χ1v) is 6.41. The van der Waals surface area contributed by atoms with E-state index in [0.717, 1.165) is 29.8 Å². The van der Waals surface area contributed by atoms with Gasteiger partial charge in [0.05, 0.1) is 19.3 Å². The lowest BCUT2D eigenvalue weighted by Crippen LogP contribution is -2.28. The number of methoxy groups -OCH3 is 1. The molecule has 2 rings (SSSR count). The Bertz CT molecular complexity index is 506. The summed E-state index contributed by atoms with van der Waals surface area (Å²) in [7, 11) is 1.66. The molecule has 19 heavy (non-hydrogen) atoms. The van der Waals surface area contributed by atoms with Gasteiger partial charge in [0.25, 0.3) is 0 Å². The quantitative estimate of drug-likeness (QED) is 0.614. The van der Waals surface area contributed by atoms with Gasteiger partial charge in [-0.2, -0.15) is 5.10 Å². The van der Waals surface area contributed by atoms with Gasteiger partial charge < -0.3 is 4.74 Å². The van der Waals surface area contributed by atoms with E-state index in [9.17, 15) is 0 Å². The molecule has 102 valence electrons. The van der Waals surface area contributed by atoms with E-state index in [-0.39, 0.29) is 6.04 Å². The van der Waals surface area contributed by atoms with Crippen LogP contribution in [0.15, 0.2) is 36.7 Å². The summed E-state index contributed by atoms with van der Waals surface area (Å²) in [4.78, 5) is 0. The molecular weight excluding hydrogens is 240 g/mol. The fourth-order valence-electron chi connectivity index (χ4n) is 2.06. The minimum atomic E-state index is -0.0588. The fraction of sp³-hybridized carbons (Fsp3) is 0.357. The normalized spacial score (nSPS) is 12.4. The van der Waals surface area contributed by atoms with Gasteiger partial charge in [-0.15, -0.1) is 0 Å². The highest BCUT2D eigenvalue weighted by atomic mass is 16.5. The van der Waals surface area contributed by atoms with Gasteiger partial charge in [-0.3, -0.25) is 10.5 Å². The van der Waals surface area contributed by atoms with Gasteiger partial charge in [-0.1, -0.05) is 19.1 Å². The second-order valence-electron chi connectivity index (χ2n) is 4.41. The number of hydrogen-bond donors (Lipinski definition) is 2. The van der Waals surface area contributed by atoms with Crippen LogP contribution in [0.25, 0.3) is 0 Å². The standard InChI is InChI=1S/C14H20N4O/c1-3-8-18-10-12(9-16-18)14(17-15)11-4-6-13(19-2)7-5-11/h4-7,9-10,14,17H,3,8,15H2,1-2H3. The summed E-state index contributed by atoms with van der Waals surface area (Å²) in [5.74, 6) is 6.51. The van der Waals surface area contributed by atoms with Crippen LogP contribution in [-0.2, 0) is 6.54 Å². The largest absolute Gasteiger partial charge is 0.497 e. The number of nitrogens with zero attached hydrogens (tertiary/aromatic N) is 2. The van der Waals surface area contributed by atoms with Gasteiger partial charge in [0.15, 0.2) is 0 Å². The monoisotopic (exact) mass is 260 g/mol. The summed E-state index contributed by atoms with van der Waals surface area (Å²) in [5.41, 5.74) is 4.97. The SMILES string of the molecule is CCCn1cc(C(NN)c2ccc(OC)cc2)cn1. The first-order valence-electron chi connectivity index (χ1n) is 6.41. The van der Waals surface area contributed by atoms with Crippen LogP contribution in [0.2, 0.25) is 0 Å². The summed E-state index contributed by atoms with van der Waals surface area (Å²) in [5, 5.41) is 4.33. The molecule has 1 heterocycles. The van der Waals surface area contributed by atoms with Crippen LogP contribution in [0.3, 0.4) is 0 Å². The van der Waals surface area contributed by atoms with E-state index >= 15 is 0 Å². The highest BCUT2D eigenvalue weighted by Gasteiger charge is 2.14. The van der Waals surface area contributed by atoms with Crippen LogP contribution in [0.4, 0.5) is 0 Å². The van der Waals surface area contributed by atoms with E-state index in [0.29, 0.717) is 0 Å². The smallest absolute Gasteiger partial charge is 0.118 e. The Morgan fingerprint density at radius 2 is 2.05 bits per heavy atom. The lowest BCUT2D eigenvalue weighted by molar-refractivity contribution is 0.414. The number of aryl methyl sites for hydroxylation is 1. The zero-order valence-electron chi connectivity index (χ0n) is 11.3. The van der Waals surface area contributed by atoms with Crippen LogP contribution in [-0.4, -0.2) is 16.9 Å². The zero-order chi connectivity index (χ0) is 13.7. The molecule has 0 aliphatic heterocycles. The fourth-order valence-corrected chi connectivity index (χ4v) is 2.06. The maximum Gasteiger partial charge on any atom is 0.118 e. The molecule has 0 aliphatic carbocycles. The van der Waals surface area contributed by atoms with Crippen molar-refractivity contribution in [1.82, 2.24) is 15.2 Å². The highest BCUT2D eigenvalue weighted by molar-refractivity contribution is 5.33. The summed E-state index contributed by atoms with van der Waals surface area (Å²) in [6.07, 6.45) is 4.94. The average molecular weight is 260 g/mol. The zero-order valence-corrected chi connectivity index (χ0v) is 11.3. The number of nitrogens with one attached hydrogen (secondary N) is 1. The Labute approximate surface area is 113 Å². The molecule has 0 amide bonds. The first-order chi connectivity index (χ1) is 9.28.